The van der Waals surface area contributed by atoms with Gasteiger partial charge in [-0.1, -0.05) is 84.1 Å². The van der Waals surface area contributed by atoms with Crippen LogP contribution in [0, 0.1) is 0 Å². The molecule has 1 amide bonds. The zero-order valence-electron chi connectivity index (χ0n) is 23.4. The van der Waals surface area contributed by atoms with Gasteiger partial charge in [0.1, 0.15) is 5.75 Å². The summed E-state index contributed by atoms with van der Waals surface area (Å²) < 4.78 is 5.22. The predicted octanol–water partition coefficient (Wildman–Crippen LogP) is 6.37. The molecule has 0 aromatic heterocycles. The summed E-state index contributed by atoms with van der Waals surface area (Å²) in [6.07, 6.45) is 0. The SMILES string of the molecule is C=C1C(SC(NC(C)=O)C(=O)OCC)=C(c2cc(C(C)(C)C)c(O)c(C(C)(C)C)c2)C(=O)c2ccccc21. The minimum Gasteiger partial charge on any atom is -0.507 e. The van der Waals surface area contributed by atoms with Gasteiger partial charge in [-0.3, -0.25) is 9.59 Å². The summed E-state index contributed by atoms with van der Waals surface area (Å²) >= 11 is 1.04. The van der Waals surface area contributed by atoms with Crippen LogP contribution in [0.1, 0.15) is 88.0 Å². The lowest BCUT2D eigenvalue weighted by atomic mass is 9.76. The average molecular weight is 536 g/mol. The third-order valence-electron chi connectivity index (χ3n) is 6.31. The van der Waals surface area contributed by atoms with E-state index in [9.17, 15) is 19.5 Å². The Bertz CT molecular complexity index is 1310. The number of rotatable bonds is 6. The van der Waals surface area contributed by atoms with Gasteiger partial charge in [0.25, 0.3) is 0 Å². The summed E-state index contributed by atoms with van der Waals surface area (Å²) in [5.74, 6) is -1.03. The minimum atomic E-state index is -1.08. The van der Waals surface area contributed by atoms with Crippen molar-refractivity contribution >= 4 is 40.6 Å². The van der Waals surface area contributed by atoms with E-state index in [0.717, 1.165) is 11.8 Å². The molecule has 0 spiro atoms. The van der Waals surface area contributed by atoms with Gasteiger partial charge in [-0.05, 0) is 46.6 Å². The molecule has 1 aliphatic rings. The van der Waals surface area contributed by atoms with Crippen LogP contribution in [0.15, 0.2) is 47.9 Å². The van der Waals surface area contributed by atoms with Crippen LogP contribution in [-0.4, -0.2) is 34.7 Å². The van der Waals surface area contributed by atoms with Crippen LogP contribution in [0.4, 0.5) is 0 Å². The molecular weight excluding hydrogens is 498 g/mol. The number of phenolic OH excluding ortho intramolecular Hbond substituents is 1. The lowest BCUT2D eigenvalue weighted by molar-refractivity contribution is -0.144. The van der Waals surface area contributed by atoms with Crippen molar-refractivity contribution in [2.45, 2.75) is 71.6 Å². The number of ether oxygens (including phenoxy) is 1. The second-order valence-corrected chi connectivity index (χ2v) is 12.5. The number of fused-ring (bicyclic) bond motifs is 1. The molecule has 0 aliphatic heterocycles. The first-order valence-corrected chi connectivity index (χ1v) is 13.5. The van der Waals surface area contributed by atoms with E-state index in [-0.39, 0.29) is 18.1 Å². The quantitative estimate of drug-likeness (QED) is 0.330. The van der Waals surface area contributed by atoms with E-state index in [2.05, 4.69) is 11.9 Å². The van der Waals surface area contributed by atoms with E-state index in [1.165, 1.54) is 6.92 Å². The molecule has 0 radical (unpaired) electrons. The summed E-state index contributed by atoms with van der Waals surface area (Å²) in [5, 5.41) is 12.8. The number of aromatic hydroxyl groups is 1. The van der Waals surface area contributed by atoms with Gasteiger partial charge in [0, 0.05) is 34.1 Å². The Hall–Kier alpha value is -3.32. The lowest BCUT2D eigenvalue weighted by Gasteiger charge is -2.30. The maximum absolute atomic E-state index is 14.1. The molecule has 0 bridgehead atoms. The molecule has 2 aromatic carbocycles. The van der Waals surface area contributed by atoms with Crippen molar-refractivity contribution in [3.05, 3.63) is 75.7 Å². The Kier molecular flexibility index (Phi) is 8.32. The van der Waals surface area contributed by atoms with Gasteiger partial charge in [-0.2, -0.15) is 0 Å². The topological polar surface area (TPSA) is 92.7 Å². The summed E-state index contributed by atoms with van der Waals surface area (Å²) in [5.41, 5.74) is 3.32. The van der Waals surface area contributed by atoms with Gasteiger partial charge in [-0.25, -0.2) is 4.79 Å². The van der Waals surface area contributed by atoms with Crippen LogP contribution < -0.4 is 5.32 Å². The number of amides is 1. The van der Waals surface area contributed by atoms with Gasteiger partial charge < -0.3 is 15.2 Å². The largest absolute Gasteiger partial charge is 0.507 e. The molecular formula is C31H37NO5S. The van der Waals surface area contributed by atoms with Crippen LogP contribution in [0.3, 0.4) is 0 Å². The number of phenols is 1. The van der Waals surface area contributed by atoms with Crippen molar-refractivity contribution in [3.63, 3.8) is 0 Å². The van der Waals surface area contributed by atoms with E-state index in [1.807, 2.05) is 65.8 Å². The van der Waals surface area contributed by atoms with Crippen molar-refractivity contribution in [1.82, 2.24) is 5.32 Å². The van der Waals surface area contributed by atoms with Crippen LogP contribution >= 0.6 is 11.8 Å². The van der Waals surface area contributed by atoms with E-state index in [0.29, 0.717) is 43.9 Å². The standard InChI is InChI=1S/C31H37NO5S/c1-10-37-29(36)28(32-18(3)33)38-27-17(2)20-13-11-12-14-21(20)25(34)24(27)19-15-22(30(4,5)6)26(35)23(16-19)31(7,8)9/h11-16,28,35H,2,10H2,1,3-9H3,(H,32,33). The zero-order chi connectivity index (χ0) is 28.6. The van der Waals surface area contributed by atoms with Crippen LogP contribution in [0.25, 0.3) is 11.1 Å². The monoisotopic (exact) mass is 535 g/mol. The fourth-order valence-corrected chi connectivity index (χ4v) is 5.63. The number of allylic oxidation sites excluding steroid dienone is 2. The summed E-state index contributed by atoms with van der Waals surface area (Å²) in [4.78, 5) is 39.4. The van der Waals surface area contributed by atoms with Crippen molar-refractivity contribution in [2.24, 2.45) is 0 Å². The molecule has 1 aliphatic carbocycles. The Morgan fingerprint density at radius 3 is 2.03 bits per heavy atom. The molecule has 0 saturated carbocycles. The second-order valence-electron chi connectivity index (χ2n) is 11.4. The van der Waals surface area contributed by atoms with Gasteiger partial charge in [-0.15, -0.1) is 0 Å². The van der Waals surface area contributed by atoms with Crippen molar-refractivity contribution in [1.29, 1.82) is 0 Å². The molecule has 2 N–H and O–H groups in total. The van der Waals surface area contributed by atoms with Gasteiger partial charge in [0.2, 0.25) is 5.91 Å². The molecule has 1 unspecified atom stereocenters. The fraction of sp³-hybridized carbons (Fsp3) is 0.387. The normalized spacial score (nSPS) is 14.7. The first-order valence-electron chi connectivity index (χ1n) is 12.6. The molecule has 7 heteroatoms. The van der Waals surface area contributed by atoms with Crippen molar-refractivity contribution in [3.8, 4) is 5.75 Å². The first kappa shape index (κ1) is 29.2. The maximum atomic E-state index is 14.1. The summed E-state index contributed by atoms with van der Waals surface area (Å²) in [6, 6.07) is 10.9. The number of Topliss-reactive ketones (excluding diaryl/α,β-unsaturated/α-hetero) is 1. The van der Waals surface area contributed by atoms with Crippen molar-refractivity contribution < 1.29 is 24.2 Å². The van der Waals surface area contributed by atoms with E-state index in [4.69, 9.17) is 4.74 Å². The lowest BCUT2D eigenvalue weighted by Crippen LogP contribution is -2.38. The van der Waals surface area contributed by atoms with E-state index >= 15 is 0 Å². The van der Waals surface area contributed by atoms with Crippen LogP contribution in [0.2, 0.25) is 0 Å². The second kappa shape index (κ2) is 10.8. The van der Waals surface area contributed by atoms with E-state index < -0.39 is 28.1 Å². The Balaban J connectivity index is 2.38. The number of ketones is 1. The minimum absolute atomic E-state index is 0.145. The number of esters is 1. The molecule has 2 aromatic rings. The summed E-state index contributed by atoms with van der Waals surface area (Å²) in [6.45, 7) is 19.5. The van der Waals surface area contributed by atoms with Gasteiger partial charge >= 0.3 is 5.97 Å². The molecule has 1 atom stereocenters. The predicted molar refractivity (Wildman–Crippen MR) is 154 cm³/mol. The number of nitrogens with one attached hydrogen (secondary N) is 1. The molecule has 6 nitrogen and oxygen atoms in total. The van der Waals surface area contributed by atoms with Gasteiger partial charge in [0.05, 0.1) is 6.61 Å². The number of hydrogen-bond acceptors (Lipinski definition) is 6. The number of carbonyl (C=O) groups excluding carboxylic acids is 3. The van der Waals surface area contributed by atoms with Crippen molar-refractivity contribution in [2.75, 3.05) is 6.61 Å². The summed E-state index contributed by atoms with van der Waals surface area (Å²) in [7, 11) is 0. The number of hydrogen-bond donors (Lipinski definition) is 2. The molecule has 202 valence electrons. The fourth-order valence-electron chi connectivity index (χ4n) is 4.43. The highest BCUT2D eigenvalue weighted by molar-refractivity contribution is 8.05. The molecule has 0 saturated heterocycles. The zero-order valence-corrected chi connectivity index (χ0v) is 24.3. The molecule has 3 rings (SSSR count). The average Bonchev–Trinajstić information content (AvgIpc) is 2.80. The Morgan fingerprint density at radius 2 is 1.55 bits per heavy atom. The molecule has 0 fully saturated rings. The first-order chi connectivity index (χ1) is 17.6. The highest BCUT2D eigenvalue weighted by Gasteiger charge is 2.35. The van der Waals surface area contributed by atoms with E-state index in [1.54, 1.807) is 19.1 Å². The molecule has 38 heavy (non-hydrogen) atoms. The molecule has 0 heterocycles. The Morgan fingerprint density at radius 1 is 1.03 bits per heavy atom. The smallest absolute Gasteiger partial charge is 0.339 e. The third kappa shape index (κ3) is 5.88. The number of carbonyl (C=O) groups is 3. The number of benzene rings is 2. The highest BCUT2D eigenvalue weighted by atomic mass is 32.2. The maximum Gasteiger partial charge on any atom is 0.339 e. The Labute approximate surface area is 229 Å². The van der Waals surface area contributed by atoms with Crippen LogP contribution in [-0.2, 0) is 25.2 Å². The van der Waals surface area contributed by atoms with Gasteiger partial charge in [0.15, 0.2) is 11.2 Å². The third-order valence-corrected chi connectivity index (χ3v) is 7.54. The number of thioether (sulfide) groups is 1. The van der Waals surface area contributed by atoms with Crippen LogP contribution in [0.5, 0.6) is 5.75 Å². The highest BCUT2D eigenvalue weighted by Crippen LogP contribution is 2.48.